The Morgan fingerprint density at radius 3 is 2.38 bits per heavy atom. The van der Waals surface area contributed by atoms with Crippen molar-refractivity contribution < 1.29 is 4.79 Å². The van der Waals surface area contributed by atoms with E-state index in [1.54, 1.807) is 7.05 Å². The summed E-state index contributed by atoms with van der Waals surface area (Å²) in [6, 6.07) is 0. The van der Waals surface area contributed by atoms with E-state index in [0.29, 0.717) is 11.0 Å². The van der Waals surface area contributed by atoms with Crippen LogP contribution >= 0.6 is 0 Å². The number of nitrogens with one attached hydrogen (secondary N) is 1. The smallest absolute Gasteiger partial charge is 0.225 e. The summed E-state index contributed by atoms with van der Waals surface area (Å²) in [5.41, 5.74) is 1.22. The zero-order chi connectivity index (χ0) is 9.27. The first-order valence-electron chi connectivity index (χ1n) is 5.08. The van der Waals surface area contributed by atoms with Crippen molar-refractivity contribution in [2.75, 3.05) is 20.1 Å². The lowest BCUT2D eigenvalue weighted by Gasteiger charge is -2.40. The fourth-order valence-electron chi connectivity index (χ4n) is 2.95. The van der Waals surface area contributed by atoms with Crippen molar-refractivity contribution in [2.45, 2.75) is 25.3 Å². The van der Waals surface area contributed by atoms with Crippen LogP contribution in [0.3, 0.4) is 0 Å². The molecule has 0 unspecified atom stereocenters. The molecule has 0 bridgehead atoms. The molecule has 3 heteroatoms. The molecular weight excluding hydrogens is 164 g/mol. The number of rotatable bonds is 2. The van der Waals surface area contributed by atoms with Crippen LogP contribution in [0.15, 0.2) is 0 Å². The summed E-state index contributed by atoms with van der Waals surface area (Å²) in [4.78, 5) is 13.7. The average Bonchev–Trinajstić information content (AvgIpc) is 2.70. The third kappa shape index (κ3) is 0.766. The minimum atomic E-state index is 0.218. The Kier molecular flexibility index (Phi) is 1.15. The predicted molar refractivity (Wildman–Crippen MR) is 49.2 cm³/mol. The fourth-order valence-corrected chi connectivity index (χ4v) is 2.95. The molecule has 0 atom stereocenters. The minimum Gasteiger partial charge on any atom is -0.359 e. The van der Waals surface area contributed by atoms with Crippen molar-refractivity contribution in [2.24, 2.45) is 11.3 Å². The Bertz CT molecular complexity index is 275. The summed E-state index contributed by atoms with van der Waals surface area (Å²) in [6.45, 7) is 4.35. The molecule has 2 saturated carbocycles. The molecule has 0 aromatic carbocycles. The average molecular weight is 180 g/mol. The van der Waals surface area contributed by atoms with Crippen LogP contribution < -0.4 is 5.32 Å². The molecule has 0 aromatic heterocycles. The molecule has 1 saturated heterocycles. The maximum absolute atomic E-state index is 11.2. The van der Waals surface area contributed by atoms with Crippen molar-refractivity contribution in [3.63, 3.8) is 0 Å². The van der Waals surface area contributed by atoms with E-state index in [1.165, 1.54) is 12.8 Å². The van der Waals surface area contributed by atoms with Gasteiger partial charge >= 0.3 is 0 Å². The van der Waals surface area contributed by atoms with Crippen LogP contribution in [-0.4, -0.2) is 36.5 Å². The fraction of sp³-hybridized carbons (Fsp3) is 0.900. The van der Waals surface area contributed by atoms with E-state index in [2.05, 4.69) is 17.1 Å². The normalized spacial score (nSPS) is 47.8. The summed E-state index contributed by atoms with van der Waals surface area (Å²) in [5.74, 6) is 0.487. The molecule has 2 aliphatic carbocycles. The highest BCUT2D eigenvalue weighted by molar-refractivity contribution is 5.79. The molecular formula is C10H16N2O. The standard InChI is InChI=1S/C10H16N2O/c1-9-5-10(9,6-9)12-3-7(4-12)8(13)11-2/h7H,3-6H2,1-2H3,(H,11,13). The molecule has 13 heavy (non-hydrogen) atoms. The second-order valence-corrected chi connectivity index (χ2v) is 5.16. The number of hydrogen-bond acceptors (Lipinski definition) is 2. The number of amides is 1. The van der Waals surface area contributed by atoms with Crippen LogP contribution in [0.4, 0.5) is 0 Å². The van der Waals surface area contributed by atoms with Crippen LogP contribution in [0, 0.1) is 11.3 Å². The first kappa shape index (κ1) is 7.80. The van der Waals surface area contributed by atoms with Gasteiger partial charge in [0.2, 0.25) is 5.91 Å². The lowest BCUT2D eigenvalue weighted by atomic mass is 9.97. The SMILES string of the molecule is CNC(=O)C1CN(C23CC2(C)C3)C1. The van der Waals surface area contributed by atoms with E-state index >= 15 is 0 Å². The van der Waals surface area contributed by atoms with E-state index in [-0.39, 0.29) is 11.8 Å². The number of carbonyl (C=O) groups is 1. The molecule has 0 aromatic rings. The highest BCUT2D eigenvalue weighted by Gasteiger charge is 2.83. The Balaban J connectivity index is 1.56. The van der Waals surface area contributed by atoms with Gasteiger partial charge in [0.1, 0.15) is 0 Å². The molecule has 72 valence electrons. The first-order chi connectivity index (χ1) is 6.11. The quantitative estimate of drug-likeness (QED) is 0.659. The van der Waals surface area contributed by atoms with Gasteiger partial charge < -0.3 is 5.32 Å². The van der Waals surface area contributed by atoms with Crippen molar-refractivity contribution in [1.82, 2.24) is 10.2 Å². The Morgan fingerprint density at radius 1 is 1.46 bits per heavy atom. The number of fused-ring (bicyclic) bond motifs is 1. The van der Waals surface area contributed by atoms with Crippen LogP contribution in [0.1, 0.15) is 19.8 Å². The van der Waals surface area contributed by atoms with Crippen LogP contribution in [0.25, 0.3) is 0 Å². The van der Waals surface area contributed by atoms with E-state index in [4.69, 9.17) is 0 Å². The number of nitrogens with zero attached hydrogens (tertiary/aromatic N) is 1. The van der Waals surface area contributed by atoms with Crippen molar-refractivity contribution in [3.8, 4) is 0 Å². The largest absolute Gasteiger partial charge is 0.359 e. The lowest BCUT2D eigenvalue weighted by Crippen LogP contribution is -2.55. The summed E-state index contributed by atoms with van der Waals surface area (Å²) >= 11 is 0. The van der Waals surface area contributed by atoms with E-state index < -0.39 is 0 Å². The number of likely N-dealkylation sites (tertiary alicyclic amines) is 1. The Labute approximate surface area is 78.5 Å². The van der Waals surface area contributed by atoms with Gasteiger partial charge in [-0.3, -0.25) is 9.69 Å². The van der Waals surface area contributed by atoms with Gasteiger partial charge in [0.05, 0.1) is 5.92 Å². The predicted octanol–water partition coefficient (Wildman–Crippen LogP) is 0.217. The van der Waals surface area contributed by atoms with Crippen molar-refractivity contribution >= 4 is 5.91 Å². The highest BCUT2D eigenvalue weighted by atomic mass is 16.2. The van der Waals surface area contributed by atoms with Gasteiger partial charge in [-0.1, -0.05) is 6.92 Å². The molecule has 1 heterocycles. The second-order valence-electron chi connectivity index (χ2n) is 5.16. The molecule has 1 amide bonds. The molecule has 3 aliphatic rings. The molecule has 0 spiro atoms. The molecule has 0 radical (unpaired) electrons. The monoisotopic (exact) mass is 180 g/mol. The third-order valence-electron chi connectivity index (χ3n) is 4.34. The van der Waals surface area contributed by atoms with Gasteiger partial charge in [-0.2, -0.15) is 0 Å². The molecule has 3 nitrogen and oxygen atoms in total. The summed E-state index contributed by atoms with van der Waals surface area (Å²) in [6.07, 6.45) is 2.75. The van der Waals surface area contributed by atoms with E-state index in [0.717, 1.165) is 13.1 Å². The van der Waals surface area contributed by atoms with Gasteiger partial charge in [0.15, 0.2) is 0 Å². The van der Waals surface area contributed by atoms with Gasteiger partial charge in [-0.25, -0.2) is 0 Å². The maximum Gasteiger partial charge on any atom is 0.225 e. The summed E-state index contributed by atoms with van der Waals surface area (Å²) in [5, 5.41) is 2.72. The first-order valence-corrected chi connectivity index (χ1v) is 5.08. The second kappa shape index (κ2) is 1.92. The summed E-state index contributed by atoms with van der Waals surface area (Å²) in [7, 11) is 1.72. The topological polar surface area (TPSA) is 32.3 Å². The third-order valence-corrected chi connectivity index (χ3v) is 4.34. The van der Waals surface area contributed by atoms with Gasteiger partial charge in [0, 0.05) is 25.7 Å². The van der Waals surface area contributed by atoms with Crippen molar-refractivity contribution in [3.05, 3.63) is 0 Å². The zero-order valence-corrected chi connectivity index (χ0v) is 8.26. The highest BCUT2D eigenvalue weighted by Crippen LogP contribution is 2.81. The van der Waals surface area contributed by atoms with Crippen LogP contribution in [0.2, 0.25) is 0 Å². The Morgan fingerprint density at radius 2 is 2.00 bits per heavy atom. The van der Waals surface area contributed by atoms with E-state index in [1.807, 2.05) is 0 Å². The Hall–Kier alpha value is -0.570. The lowest BCUT2D eigenvalue weighted by molar-refractivity contribution is -0.130. The van der Waals surface area contributed by atoms with Crippen LogP contribution in [0.5, 0.6) is 0 Å². The number of carbonyl (C=O) groups excluding carboxylic acids is 1. The molecule has 1 N–H and O–H groups in total. The summed E-state index contributed by atoms with van der Waals surface area (Å²) < 4.78 is 0. The molecule has 1 aliphatic heterocycles. The van der Waals surface area contributed by atoms with Gasteiger partial charge in [-0.05, 0) is 18.3 Å². The van der Waals surface area contributed by atoms with Gasteiger partial charge in [-0.15, -0.1) is 0 Å². The molecule has 3 rings (SSSR count). The number of hydrogen-bond donors (Lipinski definition) is 1. The van der Waals surface area contributed by atoms with Gasteiger partial charge in [0.25, 0.3) is 0 Å². The molecule has 3 fully saturated rings. The van der Waals surface area contributed by atoms with Crippen molar-refractivity contribution in [1.29, 1.82) is 0 Å². The van der Waals surface area contributed by atoms with E-state index in [9.17, 15) is 4.79 Å². The maximum atomic E-state index is 11.2. The minimum absolute atomic E-state index is 0.218. The van der Waals surface area contributed by atoms with Crippen LogP contribution in [-0.2, 0) is 4.79 Å². The zero-order valence-electron chi connectivity index (χ0n) is 8.26.